The standard InChI is InChI=1S/C8H16O4/c1-5-7(4)10-12-11-8(9)6(2)3/h6-7H,5H2,1-4H3. The van der Waals surface area contributed by atoms with E-state index in [0.717, 1.165) is 6.42 Å². The maximum atomic E-state index is 10.8. The van der Waals surface area contributed by atoms with E-state index in [9.17, 15) is 4.79 Å². The first-order chi connectivity index (χ1) is 5.57. The van der Waals surface area contributed by atoms with E-state index < -0.39 is 5.97 Å². The lowest BCUT2D eigenvalue weighted by atomic mass is 10.2. The fourth-order valence-corrected chi connectivity index (χ4v) is 0.285. The highest BCUT2D eigenvalue weighted by atomic mass is 17.5. The molecule has 0 aromatic heterocycles. The Kier molecular flexibility index (Phi) is 5.66. The lowest BCUT2D eigenvalue weighted by Crippen LogP contribution is -2.15. The Morgan fingerprint density at radius 1 is 1.33 bits per heavy atom. The maximum Gasteiger partial charge on any atom is 0.348 e. The van der Waals surface area contributed by atoms with E-state index in [1.807, 2.05) is 13.8 Å². The lowest BCUT2D eigenvalue weighted by Gasteiger charge is -2.08. The van der Waals surface area contributed by atoms with Gasteiger partial charge in [-0.2, -0.15) is 4.89 Å². The third kappa shape index (κ3) is 5.09. The average molecular weight is 176 g/mol. The van der Waals surface area contributed by atoms with Crippen molar-refractivity contribution in [1.29, 1.82) is 0 Å². The fraction of sp³-hybridized carbons (Fsp3) is 0.875. The summed E-state index contributed by atoms with van der Waals surface area (Å²) in [6.45, 7) is 7.20. The molecule has 0 N–H and O–H groups in total. The Morgan fingerprint density at radius 2 is 1.92 bits per heavy atom. The summed E-state index contributed by atoms with van der Waals surface area (Å²) in [5.41, 5.74) is 0. The van der Waals surface area contributed by atoms with Crippen molar-refractivity contribution < 1.29 is 19.6 Å². The molecule has 12 heavy (non-hydrogen) atoms. The molecule has 1 atom stereocenters. The van der Waals surface area contributed by atoms with E-state index in [2.05, 4.69) is 14.8 Å². The monoisotopic (exact) mass is 176 g/mol. The Labute approximate surface area is 72.7 Å². The Bertz CT molecular complexity index is 133. The van der Waals surface area contributed by atoms with E-state index in [1.54, 1.807) is 13.8 Å². The highest BCUT2D eigenvalue weighted by molar-refractivity contribution is 5.70. The van der Waals surface area contributed by atoms with E-state index >= 15 is 0 Å². The molecule has 0 bridgehead atoms. The van der Waals surface area contributed by atoms with Crippen LogP contribution in [0.1, 0.15) is 34.1 Å². The molecule has 0 aliphatic heterocycles. The molecule has 4 heteroatoms. The van der Waals surface area contributed by atoms with Crippen molar-refractivity contribution in [2.75, 3.05) is 0 Å². The highest BCUT2D eigenvalue weighted by Crippen LogP contribution is 2.00. The topological polar surface area (TPSA) is 44.8 Å². The Morgan fingerprint density at radius 3 is 2.33 bits per heavy atom. The van der Waals surface area contributed by atoms with Crippen molar-refractivity contribution in [2.24, 2.45) is 5.92 Å². The summed E-state index contributed by atoms with van der Waals surface area (Å²) >= 11 is 0. The molecule has 0 spiro atoms. The van der Waals surface area contributed by atoms with Crippen LogP contribution in [0.5, 0.6) is 0 Å². The molecule has 0 aliphatic rings. The van der Waals surface area contributed by atoms with Crippen molar-refractivity contribution in [2.45, 2.75) is 40.2 Å². The molecule has 1 unspecified atom stereocenters. The van der Waals surface area contributed by atoms with Crippen LogP contribution in [-0.2, 0) is 19.6 Å². The molecule has 0 amide bonds. The summed E-state index contributed by atoms with van der Waals surface area (Å²) in [6.07, 6.45) is 0.740. The SMILES string of the molecule is CCC(C)OOOC(=O)C(C)C. The van der Waals surface area contributed by atoms with Crippen LogP contribution in [0.15, 0.2) is 0 Å². The number of rotatable bonds is 5. The van der Waals surface area contributed by atoms with E-state index in [0.29, 0.717) is 0 Å². The maximum absolute atomic E-state index is 10.8. The third-order valence-electron chi connectivity index (χ3n) is 1.37. The highest BCUT2D eigenvalue weighted by Gasteiger charge is 2.10. The van der Waals surface area contributed by atoms with Gasteiger partial charge in [-0.1, -0.05) is 20.8 Å². The second-order valence-corrected chi connectivity index (χ2v) is 2.94. The van der Waals surface area contributed by atoms with Gasteiger partial charge >= 0.3 is 5.97 Å². The van der Waals surface area contributed by atoms with Crippen LogP contribution in [0.25, 0.3) is 0 Å². The van der Waals surface area contributed by atoms with Crippen molar-refractivity contribution in [3.05, 3.63) is 0 Å². The van der Waals surface area contributed by atoms with Crippen LogP contribution < -0.4 is 0 Å². The average Bonchev–Trinajstić information content (AvgIpc) is 2.03. The minimum absolute atomic E-state index is 0.0648. The summed E-state index contributed by atoms with van der Waals surface area (Å²) in [7, 11) is 0. The van der Waals surface area contributed by atoms with Crippen molar-refractivity contribution in [3.8, 4) is 0 Å². The number of hydrogen-bond donors (Lipinski definition) is 0. The number of hydrogen-bond acceptors (Lipinski definition) is 4. The first-order valence-electron chi connectivity index (χ1n) is 4.11. The van der Waals surface area contributed by atoms with Gasteiger partial charge in [0.2, 0.25) is 0 Å². The molecule has 0 radical (unpaired) electrons. The van der Waals surface area contributed by atoms with E-state index in [4.69, 9.17) is 0 Å². The molecule has 0 aromatic carbocycles. The summed E-state index contributed by atoms with van der Waals surface area (Å²) in [5.74, 6) is -0.635. The smallest absolute Gasteiger partial charge is 0.269 e. The zero-order valence-corrected chi connectivity index (χ0v) is 7.99. The molecule has 72 valence electrons. The summed E-state index contributed by atoms with van der Waals surface area (Å²) in [4.78, 5) is 19.8. The predicted octanol–water partition coefficient (Wildman–Crippen LogP) is 1.85. The summed E-state index contributed by atoms with van der Waals surface area (Å²) in [5, 5.41) is 4.26. The minimum atomic E-state index is -0.432. The quantitative estimate of drug-likeness (QED) is 0.473. The molecular weight excluding hydrogens is 160 g/mol. The molecule has 0 heterocycles. The van der Waals surface area contributed by atoms with Crippen LogP contribution in [0.3, 0.4) is 0 Å². The molecule has 0 aliphatic carbocycles. The third-order valence-corrected chi connectivity index (χ3v) is 1.37. The summed E-state index contributed by atoms with van der Waals surface area (Å²) in [6, 6.07) is 0. The van der Waals surface area contributed by atoms with Gasteiger partial charge in [0.05, 0.1) is 12.0 Å². The minimum Gasteiger partial charge on any atom is -0.269 e. The van der Waals surface area contributed by atoms with Crippen LogP contribution in [0.2, 0.25) is 0 Å². The largest absolute Gasteiger partial charge is 0.348 e. The second kappa shape index (κ2) is 5.97. The molecule has 0 saturated carbocycles. The van der Waals surface area contributed by atoms with Gasteiger partial charge in [-0.15, -0.1) is 0 Å². The van der Waals surface area contributed by atoms with Crippen LogP contribution in [0, 0.1) is 5.92 Å². The van der Waals surface area contributed by atoms with Crippen LogP contribution in [-0.4, -0.2) is 12.1 Å². The van der Waals surface area contributed by atoms with E-state index in [1.165, 1.54) is 0 Å². The fourth-order valence-electron chi connectivity index (χ4n) is 0.285. The van der Waals surface area contributed by atoms with Crippen molar-refractivity contribution in [3.63, 3.8) is 0 Å². The molecular formula is C8H16O4. The second-order valence-electron chi connectivity index (χ2n) is 2.94. The van der Waals surface area contributed by atoms with Gasteiger partial charge in [0.1, 0.15) is 0 Å². The Balaban J connectivity index is 3.37. The van der Waals surface area contributed by atoms with Gasteiger partial charge in [-0.05, 0) is 18.4 Å². The van der Waals surface area contributed by atoms with Gasteiger partial charge in [0, 0.05) is 0 Å². The first-order valence-corrected chi connectivity index (χ1v) is 4.11. The van der Waals surface area contributed by atoms with Crippen molar-refractivity contribution in [1.82, 2.24) is 0 Å². The van der Waals surface area contributed by atoms with Gasteiger partial charge < -0.3 is 0 Å². The van der Waals surface area contributed by atoms with Gasteiger partial charge in [0.25, 0.3) is 0 Å². The zero-order valence-electron chi connectivity index (χ0n) is 7.99. The van der Waals surface area contributed by atoms with Crippen LogP contribution in [0.4, 0.5) is 0 Å². The van der Waals surface area contributed by atoms with Gasteiger partial charge in [-0.3, -0.25) is 4.89 Å². The first kappa shape index (κ1) is 11.4. The van der Waals surface area contributed by atoms with Gasteiger partial charge in [-0.25, -0.2) is 4.79 Å². The van der Waals surface area contributed by atoms with E-state index in [-0.39, 0.29) is 12.0 Å². The number of carbonyl (C=O) groups is 1. The molecule has 0 aromatic rings. The van der Waals surface area contributed by atoms with Crippen molar-refractivity contribution >= 4 is 5.97 Å². The van der Waals surface area contributed by atoms with Gasteiger partial charge in [0.15, 0.2) is 0 Å². The lowest BCUT2D eigenvalue weighted by molar-refractivity contribution is -0.500. The Hall–Kier alpha value is -0.610. The van der Waals surface area contributed by atoms with Crippen LogP contribution >= 0.6 is 0 Å². The number of carbonyl (C=O) groups excluding carboxylic acids is 1. The normalized spacial score (nSPS) is 13.1. The summed E-state index contributed by atoms with van der Waals surface area (Å²) < 4.78 is 0. The predicted molar refractivity (Wildman–Crippen MR) is 42.9 cm³/mol. The molecule has 4 nitrogen and oxygen atoms in total. The molecule has 0 fully saturated rings. The molecule has 0 rings (SSSR count). The zero-order chi connectivity index (χ0) is 9.56. The molecule has 0 saturated heterocycles.